The smallest absolute Gasteiger partial charge is 0.243 e. The third kappa shape index (κ3) is 4.79. The van der Waals surface area contributed by atoms with Crippen LogP contribution in [-0.2, 0) is 21.4 Å². The van der Waals surface area contributed by atoms with Gasteiger partial charge in [-0.1, -0.05) is 24.3 Å². The average Bonchev–Trinajstić information content (AvgIpc) is 2.54. The molecular weight excluding hydrogens is 343 g/mol. The number of anilines is 1. The van der Waals surface area contributed by atoms with Crippen LogP contribution in [0.4, 0.5) is 10.1 Å². The van der Waals surface area contributed by atoms with E-state index in [1.54, 1.807) is 0 Å². The maximum Gasteiger partial charge on any atom is 0.243 e. The number of nitrogens with zero attached hydrogens (tertiary/aromatic N) is 1. The molecule has 0 fully saturated rings. The summed E-state index contributed by atoms with van der Waals surface area (Å²) in [7, 11) is -3.72. The van der Waals surface area contributed by atoms with Crippen molar-refractivity contribution < 1.29 is 17.6 Å². The summed E-state index contributed by atoms with van der Waals surface area (Å²) < 4.78 is 38.4. The molecule has 0 heterocycles. The highest BCUT2D eigenvalue weighted by Crippen LogP contribution is 2.21. The summed E-state index contributed by atoms with van der Waals surface area (Å²) in [5.41, 5.74) is 2.23. The Bertz CT molecular complexity index is 851. The molecule has 2 aromatic carbocycles. The van der Waals surface area contributed by atoms with Crippen LogP contribution in [0.25, 0.3) is 0 Å². The normalized spacial score (nSPS) is 12.5. The standard InChI is InChI=1S/C18H21FN2O3S/c1-13-6-4-5-7-15(13)12-20-18(22)14(2)21(25(3,23)24)17-10-8-16(19)9-11-17/h4-11,14H,12H2,1-3H3,(H,20,22)/t14-/m1/s1. The topological polar surface area (TPSA) is 66.5 Å². The highest BCUT2D eigenvalue weighted by atomic mass is 32.2. The molecule has 0 bridgehead atoms. The van der Waals surface area contributed by atoms with Gasteiger partial charge in [0.2, 0.25) is 15.9 Å². The van der Waals surface area contributed by atoms with E-state index in [0.29, 0.717) is 6.54 Å². The van der Waals surface area contributed by atoms with Gasteiger partial charge in [-0.15, -0.1) is 0 Å². The highest BCUT2D eigenvalue weighted by molar-refractivity contribution is 7.92. The summed E-state index contributed by atoms with van der Waals surface area (Å²) in [6, 6.07) is 11.6. The molecule has 0 unspecified atom stereocenters. The number of nitrogens with one attached hydrogen (secondary N) is 1. The number of amides is 1. The van der Waals surface area contributed by atoms with E-state index in [1.807, 2.05) is 31.2 Å². The number of carbonyl (C=O) groups excluding carboxylic acids is 1. The van der Waals surface area contributed by atoms with Gasteiger partial charge in [0.25, 0.3) is 0 Å². The zero-order valence-electron chi connectivity index (χ0n) is 14.4. The van der Waals surface area contributed by atoms with Gasteiger partial charge in [0.15, 0.2) is 0 Å². The van der Waals surface area contributed by atoms with E-state index >= 15 is 0 Å². The van der Waals surface area contributed by atoms with Crippen molar-refractivity contribution in [2.24, 2.45) is 0 Å². The number of hydrogen-bond acceptors (Lipinski definition) is 3. The minimum Gasteiger partial charge on any atom is -0.350 e. The molecule has 0 saturated heterocycles. The number of rotatable bonds is 6. The van der Waals surface area contributed by atoms with Crippen LogP contribution >= 0.6 is 0 Å². The van der Waals surface area contributed by atoms with Crippen molar-refractivity contribution in [1.82, 2.24) is 5.32 Å². The summed E-state index contributed by atoms with van der Waals surface area (Å²) in [4.78, 5) is 12.5. The van der Waals surface area contributed by atoms with Crippen molar-refractivity contribution in [2.45, 2.75) is 26.4 Å². The second-order valence-electron chi connectivity index (χ2n) is 5.86. The quantitative estimate of drug-likeness (QED) is 0.857. The molecule has 7 heteroatoms. The number of benzene rings is 2. The van der Waals surface area contributed by atoms with Crippen molar-refractivity contribution in [2.75, 3.05) is 10.6 Å². The van der Waals surface area contributed by atoms with E-state index in [2.05, 4.69) is 5.32 Å². The van der Waals surface area contributed by atoms with E-state index < -0.39 is 27.8 Å². The van der Waals surface area contributed by atoms with Crippen LogP contribution in [-0.4, -0.2) is 26.6 Å². The minimum absolute atomic E-state index is 0.238. The third-order valence-electron chi connectivity index (χ3n) is 3.88. The fourth-order valence-corrected chi connectivity index (χ4v) is 3.71. The Morgan fingerprint density at radius 2 is 1.76 bits per heavy atom. The minimum atomic E-state index is -3.72. The number of halogens is 1. The molecule has 2 aromatic rings. The molecule has 0 radical (unpaired) electrons. The van der Waals surface area contributed by atoms with E-state index in [9.17, 15) is 17.6 Å². The number of aryl methyl sites for hydroxylation is 1. The first-order chi connectivity index (χ1) is 11.7. The summed E-state index contributed by atoms with van der Waals surface area (Å²) in [6.45, 7) is 3.74. The molecule has 25 heavy (non-hydrogen) atoms. The molecule has 134 valence electrons. The molecule has 0 aliphatic carbocycles. The highest BCUT2D eigenvalue weighted by Gasteiger charge is 2.29. The molecule has 5 nitrogen and oxygen atoms in total. The van der Waals surface area contributed by atoms with Crippen LogP contribution in [0.5, 0.6) is 0 Å². The van der Waals surface area contributed by atoms with Gasteiger partial charge in [0, 0.05) is 6.54 Å². The SMILES string of the molecule is Cc1ccccc1CNC(=O)[C@@H](C)N(c1ccc(F)cc1)S(C)(=O)=O. The first kappa shape index (κ1) is 18.9. The lowest BCUT2D eigenvalue weighted by Crippen LogP contribution is -2.47. The first-order valence-electron chi connectivity index (χ1n) is 7.77. The molecule has 2 rings (SSSR count). The Labute approximate surface area is 147 Å². The Kier molecular flexibility index (Phi) is 5.79. The number of hydrogen-bond donors (Lipinski definition) is 1. The zero-order valence-corrected chi connectivity index (χ0v) is 15.2. The lowest BCUT2D eigenvalue weighted by atomic mass is 10.1. The number of sulfonamides is 1. The summed E-state index contributed by atoms with van der Waals surface area (Å²) in [6.07, 6.45) is 1.02. The fraction of sp³-hybridized carbons (Fsp3) is 0.278. The molecule has 0 aliphatic heterocycles. The fourth-order valence-electron chi connectivity index (χ4n) is 2.54. The average molecular weight is 364 g/mol. The maximum atomic E-state index is 13.1. The monoisotopic (exact) mass is 364 g/mol. The van der Waals surface area contributed by atoms with Gasteiger partial charge in [-0.2, -0.15) is 0 Å². The van der Waals surface area contributed by atoms with E-state index in [1.165, 1.54) is 19.1 Å². The maximum absolute atomic E-state index is 13.1. The first-order valence-corrected chi connectivity index (χ1v) is 9.62. The Balaban J connectivity index is 2.18. The van der Waals surface area contributed by atoms with Gasteiger partial charge in [-0.05, 0) is 49.2 Å². The lowest BCUT2D eigenvalue weighted by Gasteiger charge is -2.28. The molecule has 0 spiro atoms. The van der Waals surface area contributed by atoms with Crippen molar-refractivity contribution in [1.29, 1.82) is 0 Å². The van der Waals surface area contributed by atoms with Crippen LogP contribution in [0.1, 0.15) is 18.1 Å². The molecule has 1 N–H and O–H groups in total. The van der Waals surface area contributed by atoms with Gasteiger partial charge in [0.05, 0.1) is 11.9 Å². The predicted molar refractivity (Wildman–Crippen MR) is 96.2 cm³/mol. The molecule has 0 aliphatic rings. The zero-order chi connectivity index (χ0) is 18.6. The molecule has 1 atom stereocenters. The van der Waals surface area contributed by atoms with Crippen molar-refractivity contribution in [3.63, 3.8) is 0 Å². The van der Waals surface area contributed by atoms with Crippen LogP contribution in [0.15, 0.2) is 48.5 Å². The second kappa shape index (κ2) is 7.65. The molecular formula is C18H21FN2O3S. The third-order valence-corrected chi connectivity index (χ3v) is 5.13. The second-order valence-corrected chi connectivity index (χ2v) is 7.71. The Morgan fingerprint density at radius 3 is 2.32 bits per heavy atom. The van der Waals surface area contributed by atoms with Crippen LogP contribution < -0.4 is 9.62 Å². The summed E-state index contributed by atoms with van der Waals surface area (Å²) >= 11 is 0. The van der Waals surface area contributed by atoms with Crippen molar-refractivity contribution in [3.05, 3.63) is 65.5 Å². The van der Waals surface area contributed by atoms with Crippen molar-refractivity contribution >= 4 is 21.6 Å². The van der Waals surface area contributed by atoms with Crippen molar-refractivity contribution in [3.8, 4) is 0 Å². The Hall–Kier alpha value is -2.41. The lowest BCUT2D eigenvalue weighted by molar-refractivity contribution is -0.122. The van der Waals surface area contributed by atoms with Crippen LogP contribution in [0, 0.1) is 12.7 Å². The van der Waals surface area contributed by atoms with Gasteiger partial charge >= 0.3 is 0 Å². The largest absolute Gasteiger partial charge is 0.350 e. The molecule has 0 saturated carbocycles. The van der Waals surface area contributed by atoms with Gasteiger partial charge in [0.1, 0.15) is 11.9 Å². The van der Waals surface area contributed by atoms with Gasteiger partial charge in [-0.25, -0.2) is 12.8 Å². The Morgan fingerprint density at radius 1 is 1.16 bits per heavy atom. The van der Waals surface area contributed by atoms with Crippen LogP contribution in [0.3, 0.4) is 0 Å². The van der Waals surface area contributed by atoms with Crippen LogP contribution in [0.2, 0.25) is 0 Å². The molecule has 0 aromatic heterocycles. The predicted octanol–water partition coefficient (Wildman–Crippen LogP) is 2.61. The van der Waals surface area contributed by atoms with Gasteiger partial charge in [-0.3, -0.25) is 9.10 Å². The van der Waals surface area contributed by atoms with E-state index in [-0.39, 0.29) is 5.69 Å². The van der Waals surface area contributed by atoms with E-state index in [0.717, 1.165) is 33.8 Å². The van der Waals surface area contributed by atoms with E-state index in [4.69, 9.17) is 0 Å². The van der Waals surface area contributed by atoms with Gasteiger partial charge < -0.3 is 5.32 Å². The number of carbonyl (C=O) groups is 1. The summed E-state index contributed by atoms with van der Waals surface area (Å²) in [5, 5.41) is 2.75. The summed E-state index contributed by atoms with van der Waals surface area (Å²) in [5.74, 6) is -0.910. The molecule has 1 amide bonds.